The zero-order valence-electron chi connectivity index (χ0n) is 8.54. The number of carboxylic acids is 2. The Hall–Kier alpha value is -1.14. The van der Waals surface area contributed by atoms with E-state index < -0.39 is 11.9 Å². The molecule has 0 unspecified atom stereocenters. The number of likely N-dealkylation sites (N-methyl/N-ethyl adjacent to an activating group) is 2. The monoisotopic (exact) mass is 206 g/mol. The number of carbonyl (C=O) groups is 2. The Kier molecular flexibility index (Phi) is 13.0. The van der Waals surface area contributed by atoms with Gasteiger partial charge >= 0.3 is 11.9 Å². The van der Waals surface area contributed by atoms with E-state index in [1.807, 2.05) is 13.8 Å². The first-order valence-electron chi connectivity index (χ1n) is 4.39. The molecule has 0 aliphatic rings. The summed E-state index contributed by atoms with van der Waals surface area (Å²) in [4.78, 5) is 19.4. The molecule has 0 amide bonds. The van der Waals surface area contributed by atoms with Crippen LogP contribution in [-0.4, -0.2) is 48.3 Å². The zero-order chi connectivity index (χ0) is 11.4. The van der Waals surface area contributed by atoms with Crippen LogP contribution in [0.3, 0.4) is 0 Å². The molecule has 0 saturated carbocycles. The maximum Gasteiger partial charge on any atom is 0.317 e. The summed E-state index contributed by atoms with van der Waals surface area (Å²) >= 11 is 0. The highest BCUT2D eigenvalue weighted by molar-refractivity contribution is 5.69. The van der Waals surface area contributed by atoms with Gasteiger partial charge in [0.05, 0.1) is 13.1 Å². The van der Waals surface area contributed by atoms with E-state index >= 15 is 0 Å². The van der Waals surface area contributed by atoms with Gasteiger partial charge in [-0.3, -0.25) is 9.59 Å². The lowest BCUT2D eigenvalue weighted by atomic mass is 10.6. The molecule has 84 valence electrons. The van der Waals surface area contributed by atoms with Crippen molar-refractivity contribution in [3.63, 3.8) is 0 Å². The molecule has 0 aromatic heterocycles. The van der Waals surface area contributed by atoms with Gasteiger partial charge in [-0.15, -0.1) is 0 Å². The lowest BCUT2D eigenvalue weighted by Crippen LogP contribution is -2.21. The average Bonchev–Trinajstić information content (AvgIpc) is 2.12. The molecule has 4 N–H and O–H groups in total. The van der Waals surface area contributed by atoms with Crippen molar-refractivity contribution in [1.82, 2.24) is 10.6 Å². The van der Waals surface area contributed by atoms with Crippen LogP contribution < -0.4 is 10.6 Å². The molecule has 0 rings (SSSR count). The van der Waals surface area contributed by atoms with Crippen molar-refractivity contribution < 1.29 is 19.8 Å². The van der Waals surface area contributed by atoms with Crippen LogP contribution >= 0.6 is 0 Å². The minimum absolute atomic E-state index is 0.0660. The predicted octanol–water partition coefficient (Wildman–Crippen LogP) is -0.639. The van der Waals surface area contributed by atoms with Gasteiger partial charge in [0.2, 0.25) is 0 Å². The third-order valence-electron chi connectivity index (χ3n) is 1.05. The van der Waals surface area contributed by atoms with Crippen molar-refractivity contribution >= 4 is 11.9 Å². The van der Waals surface area contributed by atoms with E-state index in [4.69, 9.17) is 10.2 Å². The van der Waals surface area contributed by atoms with Crippen LogP contribution in [0.25, 0.3) is 0 Å². The third-order valence-corrected chi connectivity index (χ3v) is 1.05. The minimum Gasteiger partial charge on any atom is -0.480 e. The molecule has 0 bridgehead atoms. The largest absolute Gasteiger partial charge is 0.480 e. The average molecular weight is 206 g/mol. The molecule has 0 atom stereocenters. The van der Waals surface area contributed by atoms with E-state index in [1.54, 1.807) is 0 Å². The molecule has 6 heteroatoms. The highest BCUT2D eigenvalue weighted by atomic mass is 16.4. The molecule has 0 radical (unpaired) electrons. The lowest BCUT2D eigenvalue weighted by molar-refractivity contribution is -0.136. The number of hydrogen-bond donors (Lipinski definition) is 4. The molecule has 0 saturated heterocycles. The van der Waals surface area contributed by atoms with Crippen LogP contribution in [0.1, 0.15) is 13.8 Å². The quantitative estimate of drug-likeness (QED) is 0.461. The number of carboxylic acid groups (broad SMARTS) is 2. The highest BCUT2D eigenvalue weighted by Crippen LogP contribution is 1.57. The van der Waals surface area contributed by atoms with Crippen LogP contribution in [0.15, 0.2) is 0 Å². The molecule has 0 aromatic rings. The Morgan fingerprint density at radius 2 is 1.21 bits per heavy atom. The summed E-state index contributed by atoms with van der Waals surface area (Å²) < 4.78 is 0. The van der Waals surface area contributed by atoms with E-state index in [-0.39, 0.29) is 13.1 Å². The molecule has 0 aliphatic carbocycles. The van der Waals surface area contributed by atoms with E-state index in [0.717, 1.165) is 0 Å². The van der Waals surface area contributed by atoms with Crippen molar-refractivity contribution in [1.29, 1.82) is 0 Å². The highest BCUT2D eigenvalue weighted by Gasteiger charge is 1.89. The van der Waals surface area contributed by atoms with Gasteiger partial charge in [-0.2, -0.15) is 0 Å². The van der Waals surface area contributed by atoms with E-state index in [9.17, 15) is 9.59 Å². The molecule has 0 heterocycles. The standard InChI is InChI=1S/2C4H9NO2/c2*1-2-5-3-4(6)7/h2*5H,2-3H2,1H3,(H,6,7). The summed E-state index contributed by atoms with van der Waals surface area (Å²) in [5.41, 5.74) is 0. The van der Waals surface area contributed by atoms with E-state index in [2.05, 4.69) is 10.6 Å². The van der Waals surface area contributed by atoms with Crippen LogP contribution in [-0.2, 0) is 9.59 Å². The number of rotatable bonds is 6. The predicted molar refractivity (Wildman–Crippen MR) is 52.4 cm³/mol. The second-order valence-corrected chi connectivity index (χ2v) is 2.35. The second-order valence-electron chi connectivity index (χ2n) is 2.35. The van der Waals surface area contributed by atoms with Crippen LogP contribution in [0.2, 0.25) is 0 Å². The van der Waals surface area contributed by atoms with Crippen molar-refractivity contribution in [3.05, 3.63) is 0 Å². The zero-order valence-corrected chi connectivity index (χ0v) is 8.54. The number of hydrogen-bond acceptors (Lipinski definition) is 4. The van der Waals surface area contributed by atoms with Crippen LogP contribution in [0, 0.1) is 0 Å². The second kappa shape index (κ2) is 11.9. The first-order chi connectivity index (χ1) is 6.54. The first kappa shape index (κ1) is 15.3. The van der Waals surface area contributed by atoms with Crippen molar-refractivity contribution in [2.24, 2.45) is 0 Å². The molecular formula is C8H18N2O4. The van der Waals surface area contributed by atoms with Gasteiger partial charge in [0.1, 0.15) is 0 Å². The SMILES string of the molecule is CCNCC(=O)O.CCNCC(=O)O. The molecule has 14 heavy (non-hydrogen) atoms. The Balaban J connectivity index is 0. The summed E-state index contributed by atoms with van der Waals surface area (Å²) in [6.07, 6.45) is 0. The van der Waals surface area contributed by atoms with Gasteiger partial charge in [-0.05, 0) is 13.1 Å². The van der Waals surface area contributed by atoms with Crippen molar-refractivity contribution in [3.8, 4) is 0 Å². The summed E-state index contributed by atoms with van der Waals surface area (Å²) in [7, 11) is 0. The Morgan fingerprint density at radius 1 is 0.929 bits per heavy atom. The van der Waals surface area contributed by atoms with Crippen LogP contribution in [0.4, 0.5) is 0 Å². The van der Waals surface area contributed by atoms with Gasteiger partial charge in [-0.1, -0.05) is 13.8 Å². The maximum atomic E-state index is 9.70. The first-order valence-corrected chi connectivity index (χ1v) is 4.39. The normalized spacial score (nSPS) is 8.71. The van der Waals surface area contributed by atoms with E-state index in [1.165, 1.54) is 0 Å². The summed E-state index contributed by atoms with van der Waals surface area (Å²) in [6.45, 7) is 5.29. The fraction of sp³-hybridized carbons (Fsp3) is 0.750. The summed E-state index contributed by atoms with van der Waals surface area (Å²) in [5.74, 6) is -1.61. The smallest absolute Gasteiger partial charge is 0.317 e. The van der Waals surface area contributed by atoms with Gasteiger partial charge < -0.3 is 20.8 Å². The Bertz CT molecular complexity index is 143. The van der Waals surface area contributed by atoms with Crippen molar-refractivity contribution in [2.45, 2.75) is 13.8 Å². The van der Waals surface area contributed by atoms with E-state index in [0.29, 0.717) is 13.1 Å². The Morgan fingerprint density at radius 3 is 1.29 bits per heavy atom. The number of nitrogens with one attached hydrogen (secondary N) is 2. The van der Waals surface area contributed by atoms with Gasteiger partial charge in [0.25, 0.3) is 0 Å². The molecule has 0 fully saturated rings. The van der Waals surface area contributed by atoms with Crippen molar-refractivity contribution in [2.75, 3.05) is 26.2 Å². The minimum atomic E-state index is -0.804. The molecule has 0 aromatic carbocycles. The number of aliphatic carboxylic acids is 2. The molecule has 0 spiro atoms. The fourth-order valence-electron chi connectivity index (χ4n) is 0.464. The fourth-order valence-corrected chi connectivity index (χ4v) is 0.464. The maximum absolute atomic E-state index is 9.70. The molecule has 6 nitrogen and oxygen atoms in total. The topological polar surface area (TPSA) is 98.7 Å². The lowest BCUT2D eigenvalue weighted by Gasteiger charge is -1.90. The Labute approximate surface area is 83.3 Å². The molecule has 0 aliphatic heterocycles. The summed E-state index contributed by atoms with van der Waals surface area (Å²) in [6, 6.07) is 0. The third kappa shape index (κ3) is 22.4. The summed E-state index contributed by atoms with van der Waals surface area (Å²) in [5, 5.41) is 21.3. The molecular weight excluding hydrogens is 188 g/mol. The van der Waals surface area contributed by atoms with Gasteiger partial charge in [0, 0.05) is 0 Å². The van der Waals surface area contributed by atoms with Gasteiger partial charge in [0.15, 0.2) is 0 Å². The van der Waals surface area contributed by atoms with Gasteiger partial charge in [-0.25, -0.2) is 0 Å². The van der Waals surface area contributed by atoms with Crippen LogP contribution in [0.5, 0.6) is 0 Å².